The number of ether oxygens (including phenoxy) is 1. The molecule has 1 aromatic rings. The lowest BCUT2D eigenvalue weighted by Gasteiger charge is -2.33. The summed E-state index contributed by atoms with van der Waals surface area (Å²) >= 11 is 0. The first kappa shape index (κ1) is 13.0. The molecular weight excluding hydrogens is 224 g/mol. The summed E-state index contributed by atoms with van der Waals surface area (Å²) in [6.45, 7) is 1.84. The average molecular weight is 244 g/mol. The van der Waals surface area contributed by atoms with E-state index >= 15 is 0 Å². The van der Waals surface area contributed by atoms with Crippen molar-refractivity contribution in [3.8, 4) is 17.6 Å². The Hall–Kier alpha value is -1.46. The van der Waals surface area contributed by atoms with Crippen LogP contribution in [0.15, 0.2) is 18.2 Å². The van der Waals surface area contributed by atoms with Crippen LogP contribution in [0.1, 0.15) is 37.3 Å². The number of fused-ring (bicyclic) bond motifs is 1. The van der Waals surface area contributed by atoms with E-state index in [1.807, 2.05) is 19.1 Å². The lowest BCUT2D eigenvalue weighted by atomic mass is 9.78. The summed E-state index contributed by atoms with van der Waals surface area (Å²) in [4.78, 5) is 0. The molecule has 0 amide bonds. The van der Waals surface area contributed by atoms with E-state index in [0.717, 1.165) is 31.4 Å². The van der Waals surface area contributed by atoms with E-state index in [4.69, 9.17) is 4.74 Å². The molecule has 0 aromatic heterocycles. The zero-order chi connectivity index (χ0) is 13.0. The largest absolute Gasteiger partial charge is 0.497 e. The highest BCUT2D eigenvalue weighted by molar-refractivity contribution is 5.38. The van der Waals surface area contributed by atoms with Crippen LogP contribution >= 0.6 is 0 Å². The highest BCUT2D eigenvalue weighted by Crippen LogP contribution is 2.33. The fraction of sp³-hybridized carbons (Fsp3) is 0.500. The van der Waals surface area contributed by atoms with Crippen molar-refractivity contribution in [3.05, 3.63) is 29.3 Å². The van der Waals surface area contributed by atoms with Gasteiger partial charge >= 0.3 is 0 Å². The summed E-state index contributed by atoms with van der Waals surface area (Å²) in [5.74, 6) is 6.78. The Morgan fingerprint density at radius 2 is 2.22 bits per heavy atom. The van der Waals surface area contributed by atoms with Gasteiger partial charge in [0.2, 0.25) is 0 Å². The van der Waals surface area contributed by atoms with Gasteiger partial charge in [-0.1, -0.05) is 6.07 Å². The second-order valence-electron chi connectivity index (χ2n) is 4.96. The molecule has 2 nitrogen and oxygen atoms in total. The normalized spacial score (nSPS) is 21.7. The van der Waals surface area contributed by atoms with Crippen LogP contribution in [0.25, 0.3) is 0 Å². The number of benzene rings is 1. The van der Waals surface area contributed by atoms with Gasteiger partial charge in [0, 0.05) is 12.8 Å². The molecule has 0 spiro atoms. The van der Waals surface area contributed by atoms with E-state index < -0.39 is 5.60 Å². The quantitative estimate of drug-likeness (QED) is 0.828. The van der Waals surface area contributed by atoms with Gasteiger partial charge in [0.15, 0.2) is 0 Å². The van der Waals surface area contributed by atoms with Crippen LogP contribution in [-0.2, 0) is 12.8 Å². The molecule has 0 bridgehead atoms. The summed E-state index contributed by atoms with van der Waals surface area (Å²) in [5.41, 5.74) is 1.96. The monoisotopic (exact) mass is 244 g/mol. The Morgan fingerprint density at radius 3 is 2.94 bits per heavy atom. The molecule has 0 heterocycles. The van der Waals surface area contributed by atoms with E-state index in [0.29, 0.717) is 6.42 Å². The van der Waals surface area contributed by atoms with Crippen molar-refractivity contribution in [2.75, 3.05) is 7.11 Å². The molecule has 0 saturated carbocycles. The number of aryl methyl sites for hydroxylation is 1. The topological polar surface area (TPSA) is 29.5 Å². The predicted octanol–water partition coefficient (Wildman–Crippen LogP) is 2.72. The van der Waals surface area contributed by atoms with Crippen molar-refractivity contribution in [2.24, 2.45) is 0 Å². The molecule has 1 aromatic carbocycles. The smallest absolute Gasteiger partial charge is 0.119 e. The molecule has 0 saturated heterocycles. The fourth-order valence-corrected chi connectivity index (χ4v) is 2.58. The number of hydrogen-bond donors (Lipinski definition) is 1. The first-order chi connectivity index (χ1) is 8.67. The lowest BCUT2D eigenvalue weighted by molar-refractivity contribution is 0.0193. The summed E-state index contributed by atoms with van der Waals surface area (Å²) in [7, 11) is 1.67. The fourth-order valence-electron chi connectivity index (χ4n) is 2.58. The average Bonchev–Trinajstić information content (AvgIpc) is 2.38. The maximum atomic E-state index is 10.6. The van der Waals surface area contributed by atoms with Crippen LogP contribution in [-0.4, -0.2) is 17.8 Å². The zero-order valence-electron chi connectivity index (χ0n) is 11.1. The highest BCUT2D eigenvalue weighted by Gasteiger charge is 2.31. The molecule has 0 radical (unpaired) electrons. The molecular formula is C16H20O2. The van der Waals surface area contributed by atoms with Gasteiger partial charge in [-0.15, -0.1) is 11.8 Å². The number of methoxy groups -OCH3 is 1. The van der Waals surface area contributed by atoms with Crippen molar-refractivity contribution in [1.82, 2.24) is 0 Å². The Bertz CT molecular complexity index is 482. The molecule has 2 heteroatoms. The third kappa shape index (κ3) is 2.86. The lowest BCUT2D eigenvalue weighted by Crippen LogP contribution is -2.35. The van der Waals surface area contributed by atoms with E-state index in [1.54, 1.807) is 7.11 Å². The van der Waals surface area contributed by atoms with Crippen LogP contribution in [0.5, 0.6) is 5.75 Å². The van der Waals surface area contributed by atoms with Gasteiger partial charge in [0.1, 0.15) is 5.75 Å². The summed E-state index contributed by atoms with van der Waals surface area (Å²) < 4.78 is 5.24. The second kappa shape index (κ2) is 5.46. The zero-order valence-corrected chi connectivity index (χ0v) is 11.1. The molecule has 18 heavy (non-hydrogen) atoms. The highest BCUT2D eigenvalue weighted by atomic mass is 16.5. The molecule has 1 aliphatic carbocycles. The van der Waals surface area contributed by atoms with Crippen molar-refractivity contribution in [2.45, 2.75) is 44.6 Å². The second-order valence-corrected chi connectivity index (χ2v) is 4.96. The maximum Gasteiger partial charge on any atom is 0.119 e. The van der Waals surface area contributed by atoms with Gasteiger partial charge in [-0.3, -0.25) is 0 Å². The number of aliphatic hydroxyl groups is 1. The van der Waals surface area contributed by atoms with Gasteiger partial charge in [-0.2, -0.15) is 0 Å². The minimum Gasteiger partial charge on any atom is -0.497 e. The third-order valence-electron chi connectivity index (χ3n) is 3.68. The first-order valence-electron chi connectivity index (χ1n) is 6.45. The molecule has 2 rings (SSSR count). The first-order valence-corrected chi connectivity index (χ1v) is 6.45. The van der Waals surface area contributed by atoms with Crippen molar-refractivity contribution in [3.63, 3.8) is 0 Å². The molecule has 0 aliphatic heterocycles. The van der Waals surface area contributed by atoms with E-state index in [-0.39, 0.29) is 0 Å². The SMILES string of the molecule is CC#CCCC1(O)CCc2ccc(OC)cc2C1. The molecule has 1 aliphatic rings. The summed E-state index contributed by atoms with van der Waals surface area (Å²) in [6.07, 6.45) is 4.01. The van der Waals surface area contributed by atoms with Gasteiger partial charge in [-0.05, 0) is 49.4 Å². The Balaban J connectivity index is 2.13. The van der Waals surface area contributed by atoms with E-state index in [2.05, 4.69) is 17.9 Å². The van der Waals surface area contributed by atoms with Gasteiger partial charge in [-0.25, -0.2) is 0 Å². The maximum absolute atomic E-state index is 10.6. The van der Waals surface area contributed by atoms with Crippen LogP contribution in [0.2, 0.25) is 0 Å². The van der Waals surface area contributed by atoms with Gasteiger partial charge in [0.25, 0.3) is 0 Å². The number of hydrogen-bond acceptors (Lipinski definition) is 2. The summed E-state index contributed by atoms with van der Waals surface area (Å²) in [6, 6.07) is 6.15. The minimum atomic E-state index is -0.594. The molecule has 1 atom stereocenters. The Labute approximate surface area is 109 Å². The number of rotatable bonds is 3. The van der Waals surface area contributed by atoms with Crippen molar-refractivity contribution >= 4 is 0 Å². The van der Waals surface area contributed by atoms with E-state index in [9.17, 15) is 5.11 Å². The van der Waals surface area contributed by atoms with Gasteiger partial charge < -0.3 is 9.84 Å². The van der Waals surface area contributed by atoms with Crippen LogP contribution in [0.4, 0.5) is 0 Å². The van der Waals surface area contributed by atoms with Crippen molar-refractivity contribution in [1.29, 1.82) is 0 Å². The summed E-state index contributed by atoms with van der Waals surface area (Å²) in [5, 5.41) is 10.6. The third-order valence-corrected chi connectivity index (χ3v) is 3.68. The minimum absolute atomic E-state index is 0.594. The van der Waals surface area contributed by atoms with Gasteiger partial charge in [0.05, 0.1) is 12.7 Å². The predicted molar refractivity (Wildman–Crippen MR) is 72.7 cm³/mol. The molecule has 1 N–H and O–H groups in total. The molecule has 1 unspecified atom stereocenters. The Kier molecular flexibility index (Phi) is 3.93. The Morgan fingerprint density at radius 1 is 1.39 bits per heavy atom. The van der Waals surface area contributed by atoms with Crippen LogP contribution < -0.4 is 4.74 Å². The standard InChI is InChI=1S/C16H20O2/c1-3-4-5-9-16(17)10-8-13-6-7-15(18-2)11-14(13)12-16/h6-7,11,17H,5,8-10,12H2,1-2H3. The van der Waals surface area contributed by atoms with E-state index in [1.165, 1.54) is 11.1 Å². The van der Waals surface area contributed by atoms with Crippen LogP contribution in [0, 0.1) is 11.8 Å². The van der Waals surface area contributed by atoms with Crippen molar-refractivity contribution < 1.29 is 9.84 Å². The molecule has 0 fully saturated rings. The van der Waals surface area contributed by atoms with Crippen LogP contribution in [0.3, 0.4) is 0 Å². The molecule has 96 valence electrons.